The SMILES string of the molecule is O=C(Nc1ccn[nH]1)c1ccc(-c2ncccc2Cl)cn1. The van der Waals surface area contributed by atoms with E-state index in [1.807, 2.05) is 0 Å². The molecule has 0 radical (unpaired) electrons. The van der Waals surface area contributed by atoms with Crippen molar-refractivity contribution in [2.75, 3.05) is 5.32 Å². The van der Waals surface area contributed by atoms with Gasteiger partial charge in [0.25, 0.3) is 5.91 Å². The summed E-state index contributed by atoms with van der Waals surface area (Å²) < 4.78 is 0. The standard InChI is InChI=1S/C14H10ClN5O/c15-10-2-1-6-16-13(10)9-3-4-11(17-8-9)14(21)19-12-5-7-18-20-12/h1-8H,(H2,18,19,20,21). The van der Waals surface area contributed by atoms with Crippen molar-refractivity contribution >= 4 is 23.3 Å². The maximum atomic E-state index is 12.0. The summed E-state index contributed by atoms with van der Waals surface area (Å²) in [6.45, 7) is 0. The van der Waals surface area contributed by atoms with Gasteiger partial charge in [-0.1, -0.05) is 11.6 Å². The van der Waals surface area contributed by atoms with Gasteiger partial charge in [-0.25, -0.2) is 0 Å². The number of anilines is 1. The molecule has 2 N–H and O–H groups in total. The maximum Gasteiger partial charge on any atom is 0.275 e. The Morgan fingerprint density at radius 3 is 2.71 bits per heavy atom. The molecule has 104 valence electrons. The molecule has 0 fully saturated rings. The molecule has 3 rings (SSSR count). The van der Waals surface area contributed by atoms with Crippen molar-refractivity contribution in [3.63, 3.8) is 0 Å². The Bertz CT molecular complexity index is 755. The number of amides is 1. The average molecular weight is 300 g/mol. The first-order valence-electron chi connectivity index (χ1n) is 6.12. The molecule has 0 atom stereocenters. The monoisotopic (exact) mass is 299 g/mol. The number of pyridine rings is 2. The molecular formula is C14H10ClN5O. The second-order valence-corrected chi connectivity index (χ2v) is 4.60. The van der Waals surface area contributed by atoms with Gasteiger partial charge in [-0.15, -0.1) is 0 Å². The molecule has 3 heterocycles. The number of hydrogen-bond donors (Lipinski definition) is 2. The summed E-state index contributed by atoms with van der Waals surface area (Å²) in [5, 5.41) is 9.58. The first kappa shape index (κ1) is 13.3. The minimum Gasteiger partial charge on any atom is -0.306 e. The number of rotatable bonds is 3. The fourth-order valence-corrected chi connectivity index (χ4v) is 2.01. The zero-order valence-corrected chi connectivity index (χ0v) is 11.5. The summed E-state index contributed by atoms with van der Waals surface area (Å²) in [7, 11) is 0. The second kappa shape index (κ2) is 5.72. The van der Waals surface area contributed by atoms with Crippen molar-refractivity contribution in [3.8, 4) is 11.3 Å². The minimum absolute atomic E-state index is 0.292. The van der Waals surface area contributed by atoms with Crippen LogP contribution in [0.4, 0.5) is 5.82 Å². The Morgan fingerprint density at radius 2 is 2.05 bits per heavy atom. The fraction of sp³-hybridized carbons (Fsp3) is 0. The number of nitrogens with one attached hydrogen (secondary N) is 2. The van der Waals surface area contributed by atoms with Crippen molar-refractivity contribution in [1.29, 1.82) is 0 Å². The third-order valence-electron chi connectivity index (χ3n) is 2.78. The Kier molecular flexibility index (Phi) is 3.61. The van der Waals surface area contributed by atoms with Gasteiger partial charge in [0.2, 0.25) is 0 Å². The molecule has 0 aliphatic carbocycles. The van der Waals surface area contributed by atoms with E-state index in [4.69, 9.17) is 11.6 Å². The van der Waals surface area contributed by atoms with E-state index in [0.29, 0.717) is 22.2 Å². The molecule has 0 aromatic carbocycles. The number of carbonyl (C=O) groups excluding carboxylic acids is 1. The van der Waals surface area contributed by atoms with Crippen LogP contribution in [0.15, 0.2) is 48.9 Å². The minimum atomic E-state index is -0.321. The first-order chi connectivity index (χ1) is 10.2. The van der Waals surface area contributed by atoms with Gasteiger partial charge in [0, 0.05) is 24.0 Å². The van der Waals surface area contributed by atoms with Crippen LogP contribution in [0.1, 0.15) is 10.5 Å². The summed E-state index contributed by atoms with van der Waals surface area (Å²) in [5.41, 5.74) is 1.67. The Labute approximate surface area is 125 Å². The van der Waals surface area contributed by atoms with E-state index in [1.165, 1.54) is 0 Å². The molecule has 3 aromatic rings. The Balaban J connectivity index is 1.81. The highest BCUT2D eigenvalue weighted by atomic mass is 35.5. The van der Waals surface area contributed by atoms with Crippen molar-refractivity contribution in [2.45, 2.75) is 0 Å². The molecule has 7 heteroatoms. The quantitative estimate of drug-likeness (QED) is 0.779. The molecule has 21 heavy (non-hydrogen) atoms. The molecule has 6 nitrogen and oxygen atoms in total. The Morgan fingerprint density at radius 1 is 1.14 bits per heavy atom. The normalized spacial score (nSPS) is 10.3. The van der Waals surface area contributed by atoms with Crippen LogP contribution in [-0.2, 0) is 0 Å². The highest BCUT2D eigenvalue weighted by Crippen LogP contribution is 2.24. The zero-order valence-electron chi connectivity index (χ0n) is 10.7. The van der Waals surface area contributed by atoms with Gasteiger partial charge in [0.15, 0.2) is 0 Å². The van der Waals surface area contributed by atoms with Gasteiger partial charge in [-0.3, -0.25) is 19.9 Å². The summed E-state index contributed by atoms with van der Waals surface area (Å²) in [6, 6.07) is 8.53. The lowest BCUT2D eigenvalue weighted by Crippen LogP contribution is -2.13. The largest absolute Gasteiger partial charge is 0.306 e. The van der Waals surface area contributed by atoms with Crippen LogP contribution in [0.2, 0.25) is 5.02 Å². The van der Waals surface area contributed by atoms with Crippen molar-refractivity contribution in [1.82, 2.24) is 20.2 Å². The maximum absolute atomic E-state index is 12.0. The second-order valence-electron chi connectivity index (χ2n) is 4.19. The van der Waals surface area contributed by atoms with Crippen LogP contribution in [0.25, 0.3) is 11.3 Å². The van der Waals surface area contributed by atoms with E-state index in [9.17, 15) is 4.79 Å². The first-order valence-corrected chi connectivity index (χ1v) is 6.49. The van der Waals surface area contributed by atoms with Crippen LogP contribution in [0.3, 0.4) is 0 Å². The van der Waals surface area contributed by atoms with E-state index in [2.05, 4.69) is 25.5 Å². The summed E-state index contributed by atoms with van der Waals surface area (Å²) in [4.78, 5) is 20.3. The van der Waals surface area contributed by atoms with Crippen LogP contribution in [0.5, 0.6) is 0 Å². The molecule has 0 bridgehead atoms. The van der Waals surface area contributed by atoms with E-state index >= 15 is 0 Å². The number of H-pyrrole nitrogens is 1. The van der Waals surface area contributed by atoms with Crippen LogP contribution >= 0.6 is 11.6 Å². The Hall–Kier alpha value is -2.73. The van der Waals surface area contributed by atoms with E-state index in [-0.39, 0.29) is 5.91 Å². The number of aromatic amines is 1. The average Bonchev–Trinajstić information content (AvgIpc) is 3.01. The van der Waals surface area contributed by atoms with Crippen LogP contribution in [-0.4, -0.2) is 26.1 Å². The van der Waals surface area contributed by atoms with Crippen molar-refractivity contribution in [3.05, 3.63) is 59.6 Å². The molecular weight excluding hydrogens is 290 g/mol. The lowest BCUT2D eigenvalue weighted by molar-refractivity contribution is 0.102. The number of aromatic nitrogens is 4. The van der Waals surface area contributed by atoms with E-state index < -0.39 is 0 Å². The van der Waals surface area contributed by atoms with Gasteiger partial charge >= 0.3 is 0 Å². The topological polar surface area (TPSA) is 83.6 Å². The van der Waals surface area contributed by atoms with Gasteiger partial charge in [-0.2, -0.15) is 5.10 Å². The van der Waals surface area contributed by atoms with Crippen molar-refractivity contribution in [2.24, 2.45) is 0 Å². The number of halogens is 1. The molecule has 0 unspecified atom stereocenters. The predicted octanol–water partition coefficient (Wildman–Crippen LogP) is 2.77. The number of carbonyl (C=O) groups is 1. The highest BCUT2D eigenvalue weighted by molar-refractivity contribution is 6.33. The number of hydrogen-bond acceptors (Lipinski definition) is 4. The summed E-state index contributed by atoms with van der Waals surface area (Å²) >= 11 is 6.08. The summed E-state index contributed by atoms with van der Waals surface area (Å²) in [6.07, 6.45) is 4.77. The molecule has 0 aliphatic rings. The van der Waals surface area contributed by atoms with Gasteiger partial charge < -0.3 is 5.32 Å². The lowest BCUT2D eigenvalue weighted by atomic mass is 10.2. The third-order valence-corrected chi connectivity index (χ3v) is 3.08. The molecule has 1 amide bonds. The molecule has 0 saturated heterocycles. The van der Waals surface area contributed by atoms with Crippen LogP contribution in [0, 0.1) is 0 Å². The highest BCUT2D eigenvalue weighted by Gasteiger charge is 2.10. The van der Waals surface area contributed by atoms with Gasteiger partial charge in [0.1, 0.15) is 11.5 Å². The molecule has 0 spiro atoms. The van der Waals surface area contributed by atoms with Gasteiger partial charge in [-0.05, 0) is 24.3 Å². The third kappa shape index (κ3) is 2.90. The molecule has 0 aliphatic heterocycles. The smallest absolute Gasteiger partial charge is 0.275 e. The van der Waals surface area contributed by atoms with E-state index in [0.717, 1.165) is 5.56 Å². The van der Waals surface area contributed by atoms with Crippen LogP contribution < -0.4 is 5.32 Å². The summed E-state index contributed by atoms with van der Waals surface area (Å²) in [5.74, 6) is 0.191. The predicted molar refractivity (Wildman–Crippen MR) is 79.0 cm³/mol. The molecule has 3 aromatic heterocycles. The molecule has 0 saturated carbocycles. The lowest BCUT2D eigenvalue weighted by Gasteiger charge is -2.04. The van der Waals surface area contributed by atoms with E-state index in [1.54, 1.807) is 48.9 Å². The van der Waals surface area contributed by atoms with Gasteiger partial charge in [0.05, 0.1) is 16.9 Å². The zero-order chi connectivity index (χ0) is 14.7. The fourth-order valence-electron chi connectivity index (χ4n) is 1.78. The number of nitrogens with zero attached hydrogens (tertiary/aromatic N) is 3. The van der Waals surface area contributed by atoms with Crippen molar-refractivity contribution < 1.29 is 4.79 Å².